The zero-order valence-corrected chi connectivity index (χ0v) is 17.6. The van der Waals surface area contributed by atoms with Crippen molar-refractivity contribution >= 4 is 24.2 Å². The van der Waals surface area contributed by atoms with E-state index in [-0.39, 0.29) is 36.9 Å². The number of piperidine rings is 1. The number of ether oxygens (including phenoxy) is 2. The Hall–Kier alpha value is -1.99. The highest BCUT2D eigenvalue weighted by Crippen LogP contribution is 2.28. The minimum Gasteiger partial charge on any atom is -0.490 e. The summed E-state index contributed by atoms with van der Waals surface area (Å²) in [5.41, 5.74) is 6.18. The minimum absolute atomic E-state index is 0. The SMILES string of the molecule is CCOc1cc(C(=O)NCCC(C)N)ccc1OCC(=O)N1CCCCC1.Cl. The van der Waals surface area contributed by atoms with Gasteiger partial charge in [0.2, 0.25) is 0 Å². The van der Waals surface area contributed by atoms with Gasteiger partial charge in [-0.05, 0) is 57.7 Å². The van der Waals surface area contributed by atoms with Gasteiger partial charge in [0.05, 0.1) is 6.61 Å². The smallest absolute Gasteiger partial charge is 0.260 e. The van der Waals surface area contributed by atoms with Crippen LogP contribution >= 0.6 is 12.4 Å². The van der Waals surface area contributed by atoms with Gasteiger partial charge in [-0.15, -0.1) is 12.4 Å². The first-order valence-corrected chi connectivity index (χ1v) is 9.72. The van der Waals surface area contributed by atoms with Crippen molar-refractivity contribution in [3.05, 3.63) is 23.8 Å². The number of hydrogen-bond donors (Lipinski definition) is 2. The number of nitrogens with one attached hydrogen (secondary N) is 1. The number of carbonyl (C=O) groups excluding carboxylic acids is 2. The molecule has 1 fully saturated rings. The van der Waals surface area contributed by atoms with Gasteiger partial charge in [-0.1, -0.05) is 0 Å². The minimum atomic E-state index is -0.187. The molecule has 0 spiro atoms. The third-order valence-electron chi connectivity index (χ3n) is 4.45. The molecule has 7 nitrogen and oxygen atoms in total. The third-order valence-corrected chi connectivity index (χ3v) is 4.45. The average Bonchev–Trinajstić information content (AvgIpc) is 2.67. The number of benzene rings is 1. The Bertz CT molecular complexity index is 634. The van der Waals surface area contributed by atoms with E-state index in [1.807, 2.05) is 18.7 Å². The van der Waals surface area contributed by atoms with Gasteiger partial charge < -0.3 is 25.4 Å². The first-order valence-electron chi connectivity index (χ1n) is 9.72. The van der Waals surface area contributed by atoms with Crippen molar-refractivity contribution < 1.29 is 19.1 Å². The lowest BCUT2D eigenvalue weighted by atomic mass is 10.1. The van der Waals surface area contributed by atoms with Gasteiger partial charge in [0.1, 0.15) is 0 Å². The maximum atomic E-state index is 12.3. The van der Waals surface area contributed by atoms with Crippen LogP contribution in [0.15, 0.2) is 18.2 Å². The Morgan fingerprint density at radius 1 is 1.18 bits per heavy atom. The molecule has 0 bridgehead atoms. The van der Waals surface area contributed by atoms with E-state index in [0.717, 1.165) is 25.9 Å². The molecule has 1 aliphatic heterocycles. The Morgan fingerprint density at radius 2 is 1.89 bits per heavy atom. The van der Waals surface area contributed by atoms with Crippen molar-refractivity contribution in [2.45, 2.75) is 45.6 Å². The summed E-state index contributed by atoms with van der Waals surface area (Å²) >= 11 is 0. The molecule has 158 valence electrons. The van der Waals surface area contributed by atoms with E-state index in [2.05, 4.69) is 5.32 Å². The van der Waals surface area contributed by atoms with E-state index < -0.39 is 0 Å². The monoisotopic (exact) mass is 413 g/mol. The van der Waals surface area contributed by atoms with Gasteiger partial charge in [-0.2, -0.15) is 0 Å². The molecule has 1 aliphatic rings. The molecule has 0 aromatic heterocycles. The fourth-order valence-corrected chi connectivity index (χ4v) is 2.93. The van der Waals surface area contributed by atoms with Crippen molar-refractivity contribution in [1.29, 1.82) is 0 Å². The van der Waals surface area contributed by atoms with Crippen LogP contribution in [-0.2, 0) is 4.79 Å². The summed E-state index contributed by atoms with van der Waals surface area (Å²) in [6.07, 6.45) is 3.97. The molecule has 8 heteroatoms. The summed E-state index contributed by atoms with van der Waals surface area (Å²) < 4.78 is 11.3. The first-order chi connectivity index (χ1) is 13.0. The van der Waals surface area contributed by atoms with Crippen molar-refractivity contribution in [3.8, 4) is 11.5 Å². The molecule has 1 atom stereocenters. The van der Waals surface area contributed by atoms with Gasteiger partial charge in [0, 0.05) is 31.2 Å². The number of amides is 2. The maximum Gasteiger partial charge on any atom is 0.260 e. The largest absolute Gasteiger partial charge is 0.490 e. The molecule has 1 saturated heterocycles. The van der Waals surface area contributed by atoms with Crippen molar-refractivity contribution in [1.82, 2.24) is 10.2 Å². The molecular formula is C20H32ClN3O4. The number of carbonyl (C=O) groups is 2. The number of rotatable bonds is 9. The zero-order chi connectivity index (χ0) is 19.6. The van der Waals surface area contributed by atoms with E-state index in [1.165, 1.54) is 6.42 Å². The van der Waals surface area contributed by atoms with E-state index in [4.69, 9.17) is 15.2 Å². The predicted molar refractivity (Wildman–Crippen MR) is 111 cm³/mol. The molecule has 2 amide bonds. The predicted octanol–water partition coefficient (Wildman–Crippen LogP) is 2.37. The van der Waals surface area contributed by atoms with Gasteiger partial charge in [-0.3, -0.25) is 9.59 Å². The Kier molecular flexibility index (Phi) is 10.7. The molecule has 28 heavy (non-hydrogen) atoms. The molecule has 1 heterocycles. The van der Waals surface area contributed by atoms with Gasteiger partial charge in [0.15, 0.2) is 18.1 Å². The molecule has 2 rings (SSSR count). The van der Waals surface area contributed by atoms with E-state index in [9.17, 15) is 9.59 Å². The first kappa shape index (κ1) is 24.0. The fourth-order valence-electron chi connectivity index (χ4n) is 2.93. The highest BCUT2D eigenvalue weighted by Gasteiger charge is 2.18. The zero-order valence-electron chi connectivity index (χ0n) is 16.7. The fraction of sp³-hybridized carbons (Fsp3) is 0.600. The standard InChI is InChI=1S/C20H31N3O4.ClH/c1-3-26-18-13-16(20(25)22-10-9-15(2)21)7-8-17(18)27-14-19(24)23-11-5-4-6-12-23;/h7-8,13,15H,3-6,9-12,14,21H2,1-2H3,(H,22,25);1H. The summed E-state index contributed by atoms with van der Waals surface area (Å²) in [6, 6.07) is 5.03. The lowest BCUT2D eigenvalue weighted by Crippen LogP contribution is -2.38. The van der Waals surface area contributed by atoms with Crippen LogP contribution in [0, 0.1) is 0 Å². The van der Waals surface area contributed by atoms with Gasteiger partial charge >= 0.3 is 0 Å². The van der Waals surface area contributed by atoms with Crippen LogP contribution in [0.3, 0.4) is 0 Å². The van der Waals surface area contributed by atoms with Crippen molar-refractivity contribution in [2.24, 2.45) is 5.73 Å². The highest BCUT2D eigenvalue weighted by atomic mass is 35.5. The van der Waals surface area contributed by atoms with Crippen LogP contribution in [0.2, 0.25) is 0 Å². The number of likely N-dealkylation sites (tertiary alicyclic amines) is 1. The summed E-state index contributed by atoms with van der Waals surface area (Å²) in [5, 5.41) is 2.84. The molecule has 0 aliphatic carbocycles. The number of nitrogens with two attached hydrogens (primary N) is 1. The summed E-state index contributed by atoms with van der Waals surface area (Å²) in [5.74, 6) is 0.723. The van der Waals surface area contributed by atoms with Crippen LogP contribution < -0.4 is 20.5 Å². The second-order valence-electron chi connectivity index (χ2n) is 6.85. The quantitative estimate of drug-likeness (QED) is 0.648. The Balaban J connectivity index is 0.00000392. The van der Waals surface area contributed by atoms with Gasteiger partial charge in [0.25, 0.3) is 11.8 Å². The Labute approximate surface area is 173 Å². The van der Waals surface area contributed by atoms with E-state index in [1.54, 1.807) is 18.2 Å². The highest BCUT2D eigenvalue weighted by molar-refractivity contribution is 5.94. The molecule has 1 unspecified atom stereocenters. The topological polar surface area (TPSA) is 93.9 Å². The lowest BCUT2D eigenvalue weighted by molar-refractivity contribution is -0.134. The summed E-state index contributed by atoms with van der Waals surface area (Å²) in [6.45, 7) is 6.27. The molecular weight excluding hydrogens is 382 g/mol. The van der Waals surface area contributed by atoms with E-state index >= 15 is 0 Å². The molecule has 0 saturated carbocycles. The molecule has 1 aromatic carbocycles. The maximum absolute atomic E-state index is 12.3. The second kappa shape index (κ2) is 12.5. The van der Waals surface area contributed by atoms with Crippen molar-refractivity contribution in [3.63, 3.8) is 0 Å². The molecule has 0 radical (unpaired) electrons. The lowest BCUT2D eigenvalue weighted by Gasteiger charge is -2.26. The van der Waals surface area contributed by atoms with Gasteiger partial charge in [-0.25, -0.2) is 0 Å². The molecule has 1 aromatic rings. The van der Waals surface area contributed by atoms with Crippen LogP contribution in [0.5, 0.6) is 11.5 Å². The average molecular weight is 414 g/mol. The number of nitrogens with zero attached hydrogens (tertiary/aromatic N) is 1. The van der Waals surface area contributed by atoms with Crippen LogP contribution in [0.1, 0.15) is 49.9 Å². The summed E-state index contributed by atoms with van der Waals surface area (Å²) in [4.78, 5) is 26.4. The Morgan fingerprint density at radius 3 is 2.54 bits per heavy atom. The summed E-state index contributed by atoms with van der Waals surface area (Å²) in [7, 11) is 0. The number of hydrogen-bond acceptors (Lipinski definition) is 5. The third kappa shape index (κ3) is 7.56. The number of halogens is 1. The molecule has 3 N–H and O–H groups in total. The van der Waals surface area contributed by atoms with Crippen molar-refractivity contribution in [2.75, 3.05) is 32.8 Å². The van der Waals surface area contributed by atoms with Crippen LogP contribution in [0.25, 0.3) is 0 Å². The van der Waals surface area contributed by atoms with Crippen LogP contribution in [0.4, 0.5) is 0 Å². The normalized spacial score (nSPS) is 14.6. The van der Waals surface area contributed by atoms with E-state index in [0.29, 0.717) is 36.6 Å². The second-order valence-corrected chi connectivity index (χ2v) is 6.85. The van der Waals surface area contributed by atoms with Crippen LogP contribution in [-0.4, -0.2) is 55.6 Å².